The van der Waals surface area contributed by atoms with Crippen molar-refractivity contribution in [3.63, 3.8) is 0 Å². The maximum atomic E-state index is 10.4. The van der Waals surface area contributed by atoms with Crippen molar-refractivity contribution in [3.05, 3.63) is 12.2 Å². The van der Waals surface area contributed by atoms with Crippen molar-refractivity contribution in [3.8, 4) is 0 Å². The molecule has 0 saturated heterocycles. The summed E-state index contributed by atoms with van der Waals surface area (Å²) in [4.78, 5) is 20.3. The van der Waals surface area contributed by atoms with Crippen LogP contribution in [0.4, 0.5) is 0 Å². The molecule has 0 rings (SSSR count). The third-order valence-electron chi connectivity index (χ3n) is 1.49. The Labute approximate surface area is 96.0 Å². The van der Waals surface area contributed by atoms with Crippen LogP contribution in [0.2, 0.25) is 0 Å². The summed E-state index contributed by atoms with van der Waals surface area (Å²) in [7, 11) is 1.49. The van der Waals surface area contributed by atoms with Crippen LogP contribution in [0.5, 0.6) is 0 Å². The number of carboxylic acids is 1. The standard InChI is InChI=1S/C6H10O2.C5H10O3/c1-4-8-6(7)5(2)3;1-4(8-2)3-5(6)7/h2,4H2,1,3H3;4H,3H2,1-2H3,(H,6,7). The van der Waals surface area contributed by atoms with E-state index in [1.807, 2.05) is 0 Å². The second kappa shape index (κ2) is 10.2. The van der Waals surface area contributed by atoms with Gasteiger partial charge in [-0.15, -0.1) is 0 Å². The Morgan fingerprint density at radius 1 is 1.44 bits per heavy atom. The van der Waals surface area contributed by atoms with Crippen LogP contribution in [0.3, 0.4) is 0 Å². The van der Waals surface area contributed by atoms with Crippen LogP contribution in [-0.2, 0) is 19.1 Å². The molecular weight excluding hydrogens is 212 g/mol. The third-order valence-corrected chi connectivity index (χ3v) is 1.49. The highest BCUT2D eigenvalue weighted by atomic mass is 16.5. The summed E-state index contributed by atoms with van der Waals surface area (Å²) in [5.74, 6) is -1.13. The molecular formula is C11H20O5. The zero-order valence-corrected chi connectivity index (χ0v) is 10.3. The molecule has 1 unspecified atom stereocenters. The molecule has 0 amide bonds. The van der Waals surface area contributed by atoms with Gasteiger partial charge >= 0.3 is 11.9 Å². The fraction of sp³-hybridized carbons (Fsp3) is 0.636. The van der Waals surface area contributed by atoms with Gasteiger partial charge in [0.2, 0.25) is 0 Å². The van der Waals surface area contributed by atoms with Crippen LogP contribution in [-0.4, -0.2) is 36.9 Å². The highest BCUT2D eigenvalue weighted by molar-refractivity contribution is 5.86. The molecule has 0 heterocycles. The third kappa shape index (κ3) is 12.6. The Balaban J connectivity index is 0. The number of methoxy groups -OCH3 is 1. The summed E-state index contributed by atoms with van der Waals surface area (Å²) in [6, 6.07) is 0. The fourth-order valence-electron chi connectivity index (χ4n) is 0.584. The van der Waals surface area contributed by atoms with Gasteiger partial charge in [0.15, 0.2) is 0 Å². The molecule has 1 N–H and O–H groups in total. The van der Waals surface area contributed by atoms with E-state index >= 15 is 0 Å². The number of carbonyl (C=O) groups is 2. The molecule has 0 aliphatic heterocycles. The Bertz CT molecular complexity index is 235. The summed E-state index contributed by atoms with van der Waals surface area (Å²) in [6.45, 7) is 8.93. The monoisotopic (exact) mass is 232 g/mol. The van der Waals surface area contributed by atoms with Crippen molar-refractivity contribution in [2.45, 2.75) is 33.3 Å². The van der Waals surface area contributed by atoms with Gasteiger partial charge in [0.25, 0.3) is 0 Å². The van der Waals surface area contributed by atoms with Crippen molar-refractivity contribution in [2.24, 2.45) is 0 Å². The van der Waals surface area contributed by atoms with Crippen molar-refractivity contribution in [1.29, 1.82) is 0 Å². The Hall–Kier alpha value is -1.36. The Morgan fingerprint density at radius 2 is 1.94 bits per heavy atom. The number of carboxylic acid groups (broad SMARTS) is 1. The predicted molar refractivity (Wildman–Crippen MR) is 60.2 cm³/mol. The average Bonchev–Trinajstić information content (AvgIpc) is 2.18. The van der Waals surface area contributed by atoms with E-state index in [-0.39, 0.29) is 18.5 Å². The van der Waals surface area contributed by atoms with E-state index in [1.54, 1.807) is 20.8 Å². The maximum absolute atomic E-state index is 10.4. The first-order valence-corrected chi connectivity index (χ1v) is 4.92. The van der Waals surface area contributed by atoms with E-state index in [0.717, 1.165) is 0 Å². The normalized spacial score (nSPS) is 10.8. The molecule has 0 spiro atoms. The number of hydrogen-bond donors (Lipinski definition) is 1. The van der Waals surface area contributed by atoms with Gasteiger partial charge in [-0.1, -0.05) is 6.58 Å². The summed E-state index contributed by atoms with van der Waals surface area (Å²) in [5, 5.41) is 8.14. The molecule has 0 saturated carbocycles. The highest BCUT2D eigenvalue weighted by Gasteiger charge is 2.03. The van der Waals surface area contributed by atoms with Gasteiger partial charge < -0.3 is 14.6 Å². The topological polar surface area (TPSA) is 72.8 Å². The molecule has 5 heteroatoms. The zero-order chi connectivity index (χ0) is 13.1. The Morgan fingerprint density at radius 3 is 2.06 bits per heavy atom. The van der Waals surface area contributed by atoms with Gasteiger partial charge in [0.1, 0.15) is 0 Å². The van der Waals surface area contributed by atoms with E-state index in [9.17, 15) is 9.59 Å². The van der Waals surface area contributed by atoms with E-state index in [1.165, 1.54) is 7.11 Å². The largest absolute Gasteiger partial charge is 0.481 e. The smallest absolute Gasteiger partial charge is 0.333 e. The molecule has 94 valence electrons. The van der Waals surface area contributed by atoms with Crippen LogP contribution in [0.1, 0.15) is 27.2 Å². The van der Waals surface area contributed by atoms with Gasteiger partial charge in [0, 0.05) is 12.7 Å². The number of aliphatic carboxylic acids is 1. The van der Waals surface area contributed by atoms with Gasteiger partial charge in [-0.2, -0.15) is 0 Å². The van der Waals surface area contributed by atoms with Crippen molar-refractivity contribution in [1.82, 2.24) is 0 Å². The fourth-order valence-corrected chi connectivity index (χ4v) is 0.584. The van der Waals surface area contributed by atoms with Crippen LogP contribution >= 0.6 is 0 Å². The molecule has 0 aliphatic carbocycles. The van der Waals surface area contributed by atoms with E-state index in [0.29, 0.717) is 12.2 Å². The molecule has 0 aromatic carbocycles. The molecule has 0 bridgehead atoms. The molecule has 0 aromatic rings. The first-order valence-electron chi connectivity index (χ1n) is 4.92. The van der Waals surface area contributed by atoms with Crippen LogP contribution < -0.4 is 0 Å². The average molecular weight is 232 g/mol. The molecule has 0 aliphatic rings. The minimum atomic E-state index is -0.820. The molecule has 0 fully saturated rings. The summed E-state index contributed by atoms with van der Waals surface area (Å²) >= 11 is 0. The lowest BCUT2D eigenvalue weighted by atomic mass is 10.3. The second-order valence-electron chi connectivity index (χ2n) is 3.14. The number of rotatable bonds is 5. The van der Waals surface area contributed by atoms with Crippen LogP contribution in [0.25, 0.3) is 0 Å². The molecule has 0 radical (unpaired) electrons. The minimum Gasteiger partial charge on any atom is -0.481 e. The van der Waals surface area contributed by atoms with Gasteiger partial charge in [0.05, 0.1) is 19.1 Å². The van der Waals surface area contributed by atoms with Gasteiger partial charge in [-0.05, 0) is 20.8 Å². The Kier molecular flexibility index (Phi) is 10.8. The van der Waals surface area contributed by atoms with Crippen molar-refractivity contribution >= 4 is 11.9 Å². The molecule has 1 atom stereocenters. The lowest BCUT2D eigenvalue weighted by Gasteiger charge is -2.02. The first-order chi connectivity index (χ1) is 7.34. The molecule has 16 heavy (non-hydrogen) atoms. The first kappa shape index (κ1) is 17.0. The molecule has 0 aromatic heterocycles. The SMILES string of the molecule is C=C(C)C(=O)OCC.COC(C)CC(=O)O. The summed E-state index contributed by atoms with van der Waals surface area (Å²) in [6.07, 6.45) is -0.0938. The van der Waals surface area contributed by atoms with Crippen LogP contribution in [0.15, 0.2) is 12.2 Å². The van der Waals surface area contributed by atoms with E-state index in [4.69, 9.17) is 5.11 Å². The zero-order valence-electron chi connectivity index (χ0n) is 10.3. The summed E-state index contributed by atoms with van der Waals surface area (Å²) in [5.41, 5.74) is 0.451. The lowest BCUT2D eigenvalue weighted by molar-refractivity contribution is -0.140. The number of hydrogen-bond acceptors (Lipinski definition) is 4. The van der Waals surface area contributed by atoms with E-state index < -0.39 is 5.97 Å². The van der Waals surface area contributed by atoms with E-state index in [2.05, 4.69) is 16.1 Å². The second-order valence-corrected chi connectivity index (χ2v) is 3.14. The van der Waals surface area contributed by atoms with Crippen LogP contribution in [0, 0.1) is 0 Å². The van der Waals surface area contributed by atoms with Gasteiger partial charge in [-0.25, -0.2) is 4.79 Å². The maximum Gasteiger partial charge on any atom is 0.333 e. The molecule has 5 nitrogen and oxygen atoms in total. The predicted octanol–water partition coefficient (Wildman–Crippen LogP) is 1.62. The lowest BCUT2D eigenvalue weighted by Crippen LogP contribution is -2.10. The van der Waals surface area contributed by atoms with Crippen molar-refractivity contribution in [2.75, 3.05) is 13.7 Å². The quantitative estimate of drug-likeness (QED) is 0.576. The number of carbonyl (C=O) groups excluding carboxylic acids is 1. The minimum absolute atomic E-state index is 0.0799. The highest BCUT2D eigenvalue weighted by Crippen LogP contribution is 1.92. The number of ether oxygens (including phenoxy) is 2. The van der Waals surface area contributed by atoms with Gasteiger partial charge in [-0.3, -0.25) is 4.79 Å². The number of esters is 1. The summed E-state index contributed by atoms with van der Waals surface area (Å²) < 4.78 is 9.24. The van der Waals surface area contributed by atoms with Crippen molar-refractivity contribution < 1.29 is 24.2 Å².